The van der Waals surface area contributed by atoms with Crippen LogP contribution in [0.15, 0.2) is 30.3 Å². The number of hydrogen-bond donors (Lipinski definition) is 3. The molecule has 1 atom stereocenters. The number of aromatic nitrogens is 1. The molecule has 0 saturated carbocycles. The van der Waals surface area contributed by atoms with Gasteiger partial charge in [0.25, 0.3) is 0 Å². The molecule has 0 radical (unpaired) electrons. The van der Waals surface area contributed by atoms with Crippen LogP contribution in [0.1, 0.15) is 12.6 Å². The highest BCUT2D eigenvalue weighted by Crippen LogP contribution is 2.18. The average molecular weight is 218 g/mol. The first-order valence-corrected chi connectivity index (χ1v) is 5.08. The number of carboxylic acid groups (broad SMARTS) is 1. The summed E-state index contributed by atoms with van der Waals surface area (Å²) >= 11 is 0. The lowest BCUT2D eigenvalue weighted by atomic mass is 9.97. The Kier molecular flexibility index (Phi) is 2.44. The first-order valence-electron chi connectivity index (χ1n) is 5.08. The lowest BCUT2D eigenvalue weighted by molar-refractivity contribution is -0.142. The predicted molar refractivity (Wildman–Crippen MR) is 62.2 cm³/mol. The van der Waals surface area contributed by atoms with Gasteiger partial charge in [0, 0.05) is 17.6 Å². The topological polar surface area (TPSA) is 79.1 Å². The number of rotatable bonds is 3. The highest BCUT2D eigenvalue weighted by molar-refractivity contribution is 5.81. The van der Waals surface area contributed by atoms with E-state index in [1.165, 1.54) is 6.92 Å². The van der Waals surface area contributed by atoms with Gasteiger partial charge in [-0.3, -0.25) is 4.79 Å². The van der Waals surface area contributed by atoms with Gasteiger partial charge in [-0.2, -0.15) is 0 Å². The van der Waals surface area contributed by atoms with E-state index in [-0.39, 0.29) is 6.42 Å². The molecule has 4 nitrogen and oxygen atoms in total. The van der Waals surface area contributed by atoms with Crippen molar-refractivity contribution in [2.45, 2.75) is 18.9 Å². The third kappa shape index (κ3) is 1.92. The summed E-state index contributed by atoms with van der Waals surface area (Å²) in [5.41, 5.74) is 6.30. The normalized spacial score (nSPS) is 14.9. The van der Waals surface area contributed by atoms with E-state index in [1.54, 1.807) is 0 Å². The van der Waals surface area contributed by atoms with Crippen LogP contribution in [-0.4, -0.2) is 21.6 Å². The molecule has 0 bridgehead atoms. The van der Waals surface area contributed by atoms with Crippen LogP contribution in [-0.2, 0) is 11.2 Å². The number of nitrogens with one attached hydrogen (secondary N) is 1. The van der Waals surface area contributed by atoms with Gasteiger partial charge < -0.3 is 15.8 Å². The molecule has 0 spiro atoms. The van der Waals surface area contributed by atoms with Crippen LogP contribution in [0.4, 0.5) is 0 Å². The van der Waals surface area contributed by atoms with Crippen molar-refractivity contribution in [3.05, 3.63) is 36.0 Å². The number of aliphatic carboxylic acids is 1. The molecule has 1 aromatic carbocycles. The maximum atomic E-state index is 10.9. The van der Waals surface area contributed by atoms with Crippen LogP contribution in [0.25, 0.3) is 10.9 Å². The standard InChI is InChI=1S/C12H14N2O2/c1-12(13,11(15)16)7-9-6-8-4-2-3-5-10(8)14-9/h2-6,14H,7,13H2,1H3,(H,15,16)/t12-/m0/s1. The third-order valence-corrected chi connectivity index (χ3v) is 2.63. The zero-order valence-corrected chi connectivity index (χ0v) is 9.03. The fraction of sp³-hybridized carbons (Fsp3) is 0.250. The van der Waals surface area contributed by atoms with Crippen LogP contribution < -0.4 is 5.73 Å². The lowest BCUT2D eigenvalue weighted by Gasteiger charge is -2.17. The smallest absolute Gasteiger partial charge is 0.323 e. The van der Waals surface area contributed by atoms with E-state index >= 15 is 0 Å². The molecule has 0 aliphatic heterocycles. The second-order valence-corrected chi connectivity index (χ2v) is 4.28. The highest BCUT2D eigenvalue weighted by Gasteiger charge is 2.28. The predicted octanol–water partition coefficient (Wildman–Crippen LogP) is 1.51. The van der Waals surface area contributed by atoms with E-state index < -0.39 is 11.5 Å². The molecule has 2 rings (SSSR count). The summed E-state index contributed by atoms with van der Waals surface area (Å²) < 4.78 is 0. The Labute approximate surface area is 93.1 Å². The summed E-state index contributed by atoms with van der Waals surface area (Å²) in [4.78, 5) is 14.1. The number of hydrogen-bond acceptors (Lipinski definition) is 2. The van der Waals surface area contributed by atoms with Gasteiger partial charge in [0.2, 0.25) is 0 Å². The number of carbonyl (C=O) groups is 1. The van der Waals surface area contributed by atoms with E-state index in [9.17, 15) is 4.79 Å². The molecule has 1 aromatic heterocycles. The molecule has 0 aliphatic rings. The van der Waals surface area contributed by atoms with Gasteiger partial charge in [-0.1, -0.05) is 18.2 Å². The molecule has 0 amide bonds. The Morgan fingerprint density at radius 2 is 2.19 bits per heavy atom. The summed E-state index contributed by atoms with van der Waals surface area (Å²) in [6, 6.07) is 9.74. The van der Waals surface area contributed by atoms with Crippen molar-refractivity contribution >= 4 is 16.9 Å². The lowest BCUT2D eigenvalue weighted by Crippen LogP contribution is -2.46. The molecule has 0 saturated heterocycles. The van der Waals surface area contributed by atoms with Crippen LogP contribution in [0.2, 0.25) is 0 Å². The third-order valence-electron chi connectivity index (χ3n) is 2.63. The van der Waals surface area contributed by atoms with Gasteiger partial charge in [-0.25, -0.2) is 0 Å². The molecular weight excluding hydrogens is 204 g/mol. The minimum absolute atomic E-state index is 0.289. The Bertz CT molecular complexity index is 496. The van der Waals surface area contributed by atoms with Crippen molar-refractivity contribution in [1.29, 1.82) is 0 Å². The van der Waals surface area contributed by atoms with Gasteiger partial charge in [0.1, 0.15) is 5.54 Å². The molecule has 0 unspecified atom stereocenters. The van der Waals surface area contributed by atoms with Gasteiger partial charge in [-0.05, 0) is 24.4 Å². The SMILES string of the molecule is C[C@](N)(Cc1cc2ccccc2[nH]1)C(=O)O. The van der Waals surface area contributed by atoms with E-state index in [4.69, 9.17) is 10.8 Å². The van der Waals surface area contributed by atoms with Crippen molar-refractivity contribution < 1.29 is 9.90 Å². The molecule has 16 heavy (non-hydrogen) atoms. The molecule has 1 heterocycles. The first kappa shape index (κ1) is 10.7. The number of aromatic amines is 1. The van der Waals surface area contributed by atoms with Crippen molar-refractivity contribution in [2.75, 3.05) is 0 Å². The Hall–Kier alpha value is -1.81. The molecule has 4 N–H and O–H groups in total. The van der Waals surface area contributed by atoms with Crippen LogP contribution in [0.3, 0.4) is 0 Å². The summed E-state index contributed by atoms with van der Waals surface area (Å²) in [5, 5.41) is 10.0. The average Bonchev–Trinajstić information content (AvgIpc) is 2.58. The minimum Gasteiger partial charge on any atom is -0.480 e. The Balaban J connectivity index is 2.32. The van der Waals surface area contributed by atoms with E-state index in [0.717, 1.165) is 16.6 Å². The second-order valence-electron chi connectivity index (χ2n) is 4.28. The molecule has 0 fully saturated rings. The number of carboxylic acids is 1. The largest absolute Gasteiger partial charge is 0.480 e. The molecular formula is C12H14N2O2. The maximum absolute atomic E-state index is 10.9. The number of benzene rings is 1. The van der Waals surface area contributed by atoms with Crippen LogP contribution >= 0.6 is 0 Å². The Morgan fingerprint density at radius 3 is 2.81 bits per heavy atom. The molecule has 4 heteroatoms. The van der Waals surface area contributed by atoms with Crippen LogP contribution in [0.5, 0.6) is 0 Å². The van der Waals surface area contributed by atoms with Gasteiger partial charge in [-0.15, -0.1) is 0 Å². The van der Waals surface area contributed by atoms with Gasteiger partial charge >= 0.3 is 5.97 Å². The molecule has 2 aromatic rings. The number of para-hydroxylation sites is 1. The second kappa shape index (κ2) is 3.64. The maximum Gasteiger partial charge on any atom is 0.323 e. The zero-order chi connectivity index (χ0) is 11.8. The molecule has 84 valence electrons. The van der Waals surface area contributed by atoms with Crippen molar-refractivity contribution in [1.82, 2.24) is 4.98 Å². The number of fused-ring (bicyclic) bond motifs is 1. The number of nitrogens with two attached hydrogens (primary N) is 1. The van der Waals surface area contributed by atoms with Gasteiger partial charge in [0.05, 0.1) is 0 Å². The minimum atomic E-state index is -1.24. The van der Waals surface area contributed by atoms with Crippen molar-refractivity contribution in [3.8, 4) is 0 Å². The highest BCUT2D eigenvalue weighted by atomic mass is 16.4. The fourth-order valence-electron chi connectivity index (χ4n) is 1.70. The molecule has 0 aliphatic carbocycles. The fourth-order valence-corrected chi connectivity index (χ4v) is 1.70. The Morgan fingerprint density at radius 1 is 1.50 bits per heavy atom. The first-order chi connectivity index (χ1) is 7.49. The number of H-pyrrole nitrogens is 1. The zero-order valence-electron chi connectivity index (χ0n) is 9.03. The summed E-state index contributed by atoms with van der Waals surface area (Å²) in [6.07, 6.45) is 0.289. The van der Waals surface area contributed by atoms with Crippen molar-refractivity contribution in [2.24, 2.45) is 5.73 Å². The quantitative estimate of drug-likeness (QED) is 0.730. The van der Waals surface area contributed by atoms with E-state index in [2.05, 4.69) is 4.98 Å². The van der Waals surface area contributed by atoms with E-state index in [0.29, 0.717) is 0 Å². The summed E-state index contributed by atoms with van der Waals surface area (Å²) in [5.74, 6) is -0.994. The van der Waals surface area contributed by atoms with Crippen molar-refractivity contribution in [3.63, 3.8) is 0 Å². The monoisotopic (exact) mass is 218 g/mol. The summed E-state index contributed by atoms with van der Waals surface area (Å²) in [6.45, 7) is 1.51. The summed E-state index contributed by atoms with van der Waals surface area (Å²) in [7, 11) is 0. The van der Waals surface area contributed by atoms with Crippen LogP contribution in [0, 0.1) is 0 Å². The van der Waals surface area contributed by atoms with E-state index in [1.807, 2.05) is 30.3 Å². The van der Waals surface area contributed by atoms with Gasteiger partial charge in [0.15, 0.2) is 0 Å².